The molecule has 2 aromatic carbocycles. The normalized spacial score (nSPS) is 14.1. The van der Waals surface area contributed by atoms with Crippen LogP contribution in [-0.2, 0) is 18.4 Å². The van der Waals surface area contributed by atoms with Crippen LogP contribution < -0.4 is 16.0 Å². The van der Waals surface area contributed by atoms with Gasteiger partial charge in [-0.15, -0.1) is 10.2 Å². The summed E-state index contributed by atoms with van der Waals surface area (Å²) in [4.78, 5) is 47.2. The Morgan fingerprint density at radius 1 is 1.08 bits per heavy atom. The number of hydrogen-bond donors (Lipinski definition) is 3. The van der Waals surface area contributed by atoms with Crippen LogP contribution in [0.3, 0.4) is 0 Å². The predicted octanol–water partition coefficient (Wildman–Crippen LogP) is 1.47. The molecule has 3 N–H and O–H groups in total. The summed E-state index contributed by atoms with van der Waals surface area (Å²) in [7, 11) is 1.64. The average molecular weight is 501 g/mol. The number of rotatable bonds is 6. The Morgan fingerprint density at radius 3 is 2.59 bits per heavy atom. The van der Waals surface area contributed by atoms with Crippen LogP contribution in [0.5, 0.6) is 0 Å². The third-order valence-corrected chi connectivity index (χ3v) is 5.73. The van der Waals surface area contributed by atoms with Gasteiger partial charge in [-0.05, 0) is 35.4 Å². The molecule has 37 heavy (non-hydrogen) atoms. The van der Waals surface area contributed by atoms with Crippen LogP contribution in [0.15, 0.2) is 48.8 Å². The summed E-state index contributed by atoms with van der Waals surface area (Å²) in [5.41, 5.74) is 2.79. The maximum absolute atomic E-state index is 13.4. The lowest BCUT2D eigenvalue weighted by Gasteiger charge is -2.12. The Bertz CT molecular complexity index is 1550. The molecule has 1 atom stereocenters. The molecular formula is C24H20FN9O3. The summed E-state index contributed by atoms with van der Waals surface area (Å²) in [5, 5.41) is 20.0. The van der Waals surface area contributed by atoms with Crippen molar-refractivity contribution in [2.45, 2.75) is 19.5 Å². The van der Waals surface area contributed by atoms with Gasteiger partial charge in [-0.2, -0.15) is 4.80 Å². The number of halogens is 1. The largest absolute Gasteiger partial charge is 0.347 e. The van der Waals surface area contributed by atoms with E-state index in [4.69, 9.17) is 0 Å². The molecule has 0 spiro atoms. The first kappa shape index (κ1) is 23.7. The number of benzene rings is 2. The molecule has 5 rings (SSSR count). The molecule has 0 fully saturated rings. The number of tetrazole rings is 1. The molecule has 0 bridgehead atoms. The van der Waals surface area contributed by atoms with Gasteiger partial charge in [0.05, 0.1) is 7.05 Å². The van der Waals surface area contributed by atoms with Gasteiger partial charge in [-0.3, -0.25) is 14.4 Å². The number of amides is 3. The zero-order valence-electron chi connectivity index (χ0n) is 19.7. The van der Waals surface area contributed by atoms with E-state index in [1.54, 1.807) is 44.3 Å². The summed E-state index contributed by atoms with van der Waals surface area (Å²) < 4.78 is 13.4. The van der Waals surface area contributed by atoms with E-state index in [-0.39, 0.29) is 23.7 Å². The SMILES string of the molecule is Cc1cc(CNC(=O)c2cc(C(=O)N[C@H]3C(=O)Nc4cc(-c5nnn(C)n5)ccc43)ncn2)ccc1F. The minimum Gasteiger partial charge on any atom is -0.347 e. The highest BCUT2D eigenvalue weighted by atomic mass is 19.1. The molecule has 13 heteroatoms. The number of hydrogen-bond acceptors (Lipinski definition) is 8. The molecular weight excluding hydrogens is 481 g/mol. The van der Waals surface area contributed by atoms with Gasteiger partial charge in [-0.1, -0.05) is 24.3 Å². The van der Waals surface area contributed by atoms with Crippen molar-refractivity contribution in [3.8, 4) is 11.4 Å². The zero-order chi connectivity index (χ0) is 26.1. The van der Waals surface area contributed by atoms with Crippen molar-refractivity contribution < 1.29 is 18.8 Å². The smallest absolute Gasteiger partial charge is 0.270 e. The molecule has 1 aliphatic heterocycles. The molecule has 12 nitrogen and oxygen atoms in total. The van der Waals surface area contributed by atoms with E-state index in [9.17, 15) is 18.8 Å². The Balaban J connectivity index is 1.27. The molecule has 4 aromatic rings. The molecule has 2 aromatic heterocycles. The second kappa shape index (κ2) is 9.53. The summed E-state index contributed by atoms with van der Waals surface area (Å²) in [5.74, 6) is -1.54. The van der Waals surface area contributed by atoms with Crippen LogP contribution in [0.4, 0.5) is 10.1 Å². The molecule has 3 heterocycles. The summed E-state index contributed by atoms with van der Waals surface area (Å²) in [6.07, 6.45) is 1.09. The topological polar surface area (TPSA) is 157 Å². The molecule has 0 saturated heterocycles. The van der Waals surface area contributed by atoms with Gasteiger partial charge >= 0.3 is 0 Å². The van der Waals surface area contributed by atoms with Gasteiger partial charge in [0.1, 0.15) is 29.6 Å². The number of fused-ring (bicyclic) bond motifs is 1. The van der Waals surface area contributed by atoms with E-state index in [1.165, 1.54) is 16.9 Å². The minimum atomic E-state index is -0.958. The third kappa shape index (κ3) is 4.87. The number of anilines is 1. The van der Waals surface area contributed by atoms with Crippen LogP contribution in [0, 0.1) is 12.7 Å². The summed E-state index contributed by atoms with van der Waals surface area (Å²) in [6.45, 7) is 1.78. The highest BCUT2D eigenvalue weighted by Gasteiger charge is 2.33. The molecule has 0 saturated carbocycles. The van der Waals surface area contributed by atoms with Crippen LogP contribution >= 0.6 is 0 Å². The van der Waals surface area contributed by atoms with Crippen LogP contribution in [0.1, 0.15) is 43.7 Å². The van der Waals surface area contributed by atoms with Crippen molar-refractivity contribution in [1.29, 1.82) is 0 Å². The Labute approximate surface area is 209 Å². The number of nitrogens with zero attached hydrogens (tertiary/aromatic N) is 6. The fourth-order valence-corrected chi connectivity index (χ4v) is 3.84. The monoisotopic (exact) mass is 501 g/mol. The van der Waals surface area contributed by atoms with E-state index in [0.717, 1.165) is 6.33 Å². The lowest BCUT2D eigenvalue weighted by Crippen LogP contribution is -2.33. The van der Waals surface area contributed by atoms with Gasteiger partial charge < -0.3 is 16.0 Å². The van der Waals surface area contributed by atoms with Crippen molar-refractivity contribution >= 4 is 23.4 Å². The summed E-state index contributed by atoms with van der Waals surface area (Å²) >= 11 is 0. The maximum atomic E-state index is 13.4. The van der Waals surface area contributed by atoms with Crippen LogP contribution in [0.25, 0.3) is 11.4 Å². The second-order valence-electron chi connectivity index (χ2n) is 8.35. The lowest BCUT2D eigenvalue weighted by molar-refractivity contribution is -0.117. The summed E-state index contributed by atoms with van der Waals surface area (Å²) in [6, 6.07) is 9.92. The Hall–Kier alpha value is -5.07. The van der Waals surface area contributed by atoms with Gasteiger partial charge in [0.25, 0.3) is 17.7 Å². The van der Waals surface area contributed by atoms with Crippen molar-refractivity contribution in [3.63, 3.8) is 0 Å². The molecule has 0 unspecified atom stereocenters. The number of aryl methyl sites for hydroxylation is 2. The van der Waals surface area contributed by atoms with Crippen molar-refractivity contribution in [2.24, 2.45) is 7.05 Å². The van der Waals surface area contributed by atoms with E-state index in [2.05, 4.69) is 41.3 Å². The molecule has 0 radical (unpaired) electrons. The first-order valence-electron chi connectivity index (χ1n) is 11.1. The number of nitrogens with one attached hydrogen (secondary N) is 3. The van der Waals surface area contributed by atoms with E-state index >= 15 is 0 Å². The fraction of sp³-hybridized carbons (Fsp3) is 0.167. The predicted molar refractivity (Wildman–Crippen MR) is 127 cm³/mol. The molecule has 186 valence electrons. The van der Waals surface area contributed by atoms with E-state index in [0.29, 0.717) is 33.8 Å². The van der Waals surface area contributed by atoms with Crippen LogP contribution in [-0.4, -0.2) is 47.9 Å². The van der Waals surface area contributed by atoms with Crippen molar-refractivity contribution in [1.82, 2.24) is 40.8 Å². The number of carbonyl (C=O) groups excluding carboxylic acids is 3. The second-order valence-corrected chi connectivity index (χ2v) is 8.35. The van der Waals surface area contributed by atoms with Crippen molar-refractivity contribution in [3.05, 3.63) is 82.7 Å². The van der Waals surface area contributed by atoms with Gasteiger partial charge in [0, 0.05) is 29.4 Å². The van der Waals surface area contributed by atoms with Gasteiger partial charge in [0.2, 0.25) is 5.82 Å². The fourth-order valence-electron chi connectivity index (χ4n) is 3.84. The molecule has 0 aliphatic carbocycles. The highest BCUT2D eigenvalue weighted by molar-refractivity contribution is 6.06. The first-order valence-corrected chi connectivity index (χ1v) is 11.1. The van der Waals surface area contributed by atoms with E-state index in [1.807, 2.05) is 0 Å². The number of aromatic nitrogens is 6. The highest BCUT2D eigenvalue weighted by Crippen LogP contribution is 2.33. The average Bonchev–Trinajstić information content (AvgIpc) is 3.46. The lowest BCUT2D eigenvalue weighted by atomic mass is 10.0. The van der Waals surface area contributed by atoms with E-state index < -0.39 is 23.8 Å². The third-order valence-electron chi connectivity index (χ3n) is 5.73. The minimum absolute atomic E-state index is 0.0311. The maximum Gasteiger partial charge on any atom is 0.270 e. The number of carbonyl (C=O) groups is 3. The van der Waals surface area contributed by atoms with Crippen molar-refractivity contribution in [2.75, 3.05) is 5.32 Å². The first-order chi connectivity index (χ1) is 17.8. The van der Waals surface area contributed by atoms with Crippen LogP contribution in [0.2, 0.25) is 0 Å². The Morgan fingerprint density at radius 2 is 1.86 bits per heavy atom. The molecule has 1 aliphatic rings. The Kier molecular flexibility index (Phi) is 6.09. The van der Waals surface area contributed by atoms with Gasteiger partial charge in [-0.25, -0.2) is 14.4 Å². The standard InChI is InChI=1S/C24H20FN9O3/c1-12-7-13(3-6-16(12)25)10-26-22(35)18-9-19(28-11-27-18)23(36)30-20-15-5-4-14(8-17(15)29-24(20)37)21-31-33-34(2)32-21/h3-9,11,20H,10H2,1-2H3,(H,26,35)(H,29,37)(H,30,36)/t20-/m1/s1. The zero-order valence-corrected chi connectivity index (χ0v) is 19.7. The van der Waals surface area contributed by atoms with Gasteiger partial charge in [0.15, 0.2) is 0 Å². The molecule has 3 amide bonds. The quantitative estimate of drug-likeness (QED) is 0.359.